The Balaban J connectivity index is 1.63. The van der Waals surface area contributed by atoms with Crippen LogP contribution in [0.2, 0.25) is 0 Å². The van der Waals surface area contributed by atoms with Gasteiger partial charge in [-0.25, -0.2) is 0 Å². The number of ether oxygens (including phenoxy) is 2. The molecule has 1 saturated heterocycles. The zero-order chi connectivity index (χ0) is 10.1. The lowest BCUT2D eigenvalue weighted by atomic mass is 10.1. The largest absolute Gasteiger partial charge is 0.379 e. The minimum Gasteiger partial charge on any atom is -0.379 e. The van der Waals surface area contributed by atoms with E-state index in [9.17, 15) is 0 Å². The summed E-state index contributed by atoms with van der Waals surface area (Å²) < 4.78 is 10.5. The Kier molecular flexibility index (Phi) is 7.06. The molecule has 0 aliphatic carbocycles. The summed E-state index contributed by atoms with van der Waals surface area (Å²) in [6.45, 7) is 6.46. The number of hydrogen-bond donors (Lipinski definition) is 0. The van der Waals surface area contributed by atoms with Crippen LogP contribution in [0.25, 0.3) is 0 Å². The topological polar surface area (TPSA) is 21.8 Å². The van der Waals surface area contributed by atoms with Gasteiger partial charge in [0.1, 0.15) is 6.10 Å². The maximum absolute atomic E-state index is 5.45. The molecule has 1 aliphatic rings. The van der Waals surface area contributed by atoms with E-state index in [0.29, 0.717) is 6.10 Å². The number of epoxide rings is 1. The van der Waals surface area contributed by atoms with E-state index in [1.54, 1.807) is 0 Å². The van der Waals surface area contributed by atoms with Crippen LogP contribution in [0.3, 0.4) is 0 Å². The van der Waals surface area contributed by atoms with Crippen LogP contribution in [0.4, 0.5) is 0 Å². The Labute approximate surface area is 88.0 Å². The van der Waals surface area contributed by atoms with Crippen molar-refractivity contribution in [3.63, 3.8) is 0 Å². The molecule has 0 aromatic heterocycles. The summed E-state index contributed by atoms with van der Waals surface area (Å²) in [6, 6.07) is 0. The molecular weight excluding hydrogens is 176 g/mol. The summed E-state index contributed by atoms with van der Waals surface area (Å²) in [7, 11) is 0. The van der Waals surface area contributed by atoms with Crippen LogP contribution in [-0.2, 0) is 9.47 Å². The second-order valence-electron chi connectivity index (χ2n) is 4.01. The van der Waals surface area contributed by atoms with Crippen molar-refractivity contribution in [1.82, 2.24) is 0 Å². The second-order valence-corrected chi connectivity index (χ2v) is 4.01. The quantitative estimate of drug-likeness (QED) is 0.398. The highest BCUT2D eigenvalue weighted by molar-refractivity contribution is 4.66. The first kappa shape index (κ1) is 12.0. The molecule has 0 aromatic carbocycles. The third-order valence-electron chi connectivity index (χ3n) is 2.49. The highest BCUT2D eigenvalue weighted by Crippen LogP contribution is 2.10. The van der Waals surface area contributed by atoms with E-state index >= 15 is 0 Å². The fourth-order valence-corrected chi connectivity index (χ4v) is 1.47. The average Bonchev–Trinajstić information content (AvgIpc) is 2.99. The lowest BCUT2D eigenvalue weighted by Crippen LogP contribution is -2.02. The van der Waals surface area contributed by atoms with Gasteiger partial charge in [0, 0.05) is 6.61 Å². The molecule has 1 rings (SSSR count). The van der Waals surface area contributed by atoms with Gasteiger partial charge >= 0.3 is 0 Å². The molecule has 0 bridgehead atoms. The third kappa shape index (κ3) is 7.34. The molecule has 2 heteroatoms. The predicted octanol–water partition coefficient (Wildman–Crippen LogP) is 2.97. The zero-order valence-electron chi connectivity index (χ0n) is 9.17. The Morgan fingerprint density at radius 2 is 1.71 bits per heavy atom. The molecule has 0 saturated carbocycles. The van der Waals surface area contributed by atoms with Gasteiger partial charge in [0.2, 0.25) is 0 Å². The molecule has 83 valence electrons. The average molecular weight is 199 g/mol. The van der Waals surface area contributed by atoms with Gasteiger partial charge in [-0.15, -0.1) is 0 Å². The standard InChI is InChI=1S/C12H23O2/c1-2-3-4-5-6-7-8-9-13-10-12-11-14-12/h12H,1-11H2. The van der Waals surface area contributed by atoms with E-state index in [2.05, 4.69) is 6.92 Å². The van der Waals surface area contributed by atoms with Gasteiger partial charge in [0.05, 0.1) is 13.2 Å². The SMILES string of the molecule is [CH2]CCCCCCCCOCC1CO1. The third-order valence-corrected chi connectivity index (χ3v) is 2.49. The Hall–Kier alpha value is -0.0800. The first-order chi connectivity index (χ1) is 6.93. The normalized spacial score (nSPS) is 19.9. The fraction of sp³-hybridized carbons (Fsp3) is 0.917. The highest BCUT2D eigenvalue weighted by Gasteiger charge is 2.21. The van der Waals surface area contributed by atoms with E-state index in [1.165, 1.54) is 38.5 Å². The fourth-order valence-electron chi connectivity index (χ4n) is 1.47. The van der Waals surface area contributed by atoms with Crippen molar-refractivity contribution in [2.24, 2.45) is 0 Å². The molecule has 0 amide bonds. The van der Waals surface area contributed by atoms with Gasteiger partial charge in [-0.1, -0.05) is 45.4 Å². The van der Waals surface area contributed by atoms with E-state index in [4.69, 9.17) is 9.47 Å². The van der Waals surface area contributed by atoms with Gasteiger partial charge in [-0.3, -0.25) is 0 Å². The maximum Gasteiger partial charge on any atom is 0.104 e. The van der Waals surface area contributed by atoms with Gasteiger partial charge in [0.25, 0.3) is 0 Å². The summed E-state index contributed by atoms with van der Waals surface area (Å²) >= 11 is 0. The lowest BCUT2D eigenvalue weighted by molar-refractivity contribution is 0.113. The first-order valence-corrected chi connectivity index (χ1v) is 5.92. The van der Waals surface area contributed by atoms with Crippen LogP contribution in [0.15, 0.2) is 0 Å². The molecule has 0 N–H and O–H groups in total. The van der Waals surface area contributed by atoms with Crippen LogP contribution in [0, 0.1) is 6.92 Å². The number of unbranched alkanes of at least 4 members (excludes halogenated alkanes) is 6. The van der Waals surface area contributed by atoms with Crippen molar-refractivity contribution in [2.45, 2.75) is 51.0 Å². The minimum atomic E-state index is 0.423. The summed E-state index contributed by atoms with van der Waals surface area (Å²) in [5.41, 5.74) is 0. The Morgan fingerprint density at radius 3 is 2.36 bits per heavy atom. The zero-order valence-corrected chi connectivity index (χ0v) is 9.17. The molecule has 1 aliphatic heterocycles. The molecule has 0 aromatic rings. The Morgan fingerprint density at radius 1 is 1.07 bits per heavy atom. The van der Waals surface area contributed by atoms with Crippen molar-refractivity contribution in [3.8, 4) is 0 Å². The molecule has 0 spiro atoms. The molecule has 1 radical (unpaired) electrons. The van der Waals surface area contributed by atoms with E-state index < -0.39 is 0 Å². The van der Waals surface area contributed by atoms with Gasteiger partial charge in [0.15, 0.2) is 0 Å². The van der Waals surface area contributed by atoms with Crippen LogP contribution >= 0.6 is 0 Å². The van der Waals surface area contributed by atoms with Crippen molar-refractivity contribution < 1.29 is 9.47 Å². The highest BCUT2D eigenvalue weighted by atomic mass is 16.6. The number of rotatable bonds is 10. The molecule has 1 unspecified atom stereocenters. The monoisotopic (exact) mass is 199 g/mol. The van der Waals surface area contributed by atoms with Crippen molar-refractivity contribution in [2.75, 3.05) is 19.8 Å². The summed E-state index contributed by atoms with van der Waals surface area (Å²) in [6.07, 6.45) is 9.37. The minimum absolute atomic E-state index is 0.423. The van der Waals surface area contributed by atoms with E-state index in [1.807, 2.05) is 0 Å². The smallest absolute Gasteiger partial charge is 0.104 e. The molecule has 1 atom stereocenters. The van der Waals surface area contributed by atoms with Crippen molar-refractivity contribution >= 4 is 0 Å². The predicted molar refractivity (Wildman–Crippen MR) is 58.2 cm³/mol. The molecular formula is C12H23O2. The van der Waals surface area contributed by atoms with Crippen LogP contribution in [0.1, 0.15) is 44.9 Å². The summed E-state index contributed by atoms with van der Waals surface area (Å²) in [5.74, 6) is 0. The number of hydrogen-bond acceptors (Lipinski definition) is 2. The van der Waals surface area contributed by atoms with E-state index in [-0.39, 0.29) is 0 Å². The second kappa shape index (κ2) is 8.25. The molecule has 1 heterocycles. The summed E-state index contributed by atoms with van der Waals surface area (Å²) in [4.78, 5) is 0. The maximum atomic E-state index is 5.45. The van der Waals surface area contributed by atoms with Crippen LogP contribution in [-0.4, -0.2) is 25.9 Å². The van der Waals surface area contributed by atoms with Crippen LogP contribution in [0.5, 0.6) is 0 Å². The van der Waals surface area contributed by atoms with E-state index in [0.717, 1.165) is 26.2 Å². The first-order valence-electron chi connectivity index (χ1n) is 5.92. The van der Waals surface area contributed by atoms with Gasteiger partial charge in [-0.05, 0) is 6.42 Å². The molecule has 2 nitrogen and oxygen atoms in total. The Bertz CT molecular complexity index is 121. The van der Waals surface area contributed by atoms with Crippen molar-refractivity contribution in [3.05, 3.63) is 6.92 Å². The lowest BCUT2D eigenvalue weighted by Gasteiger charge is -2.02. The van der Waals surface area contributed by atoms with Crippen molar-refractivity contribution in [1.29, 1.82) is 0 Å². The van der Waals surface area contributed by atoms with Crippen LogP contribution < -0.4 is 0 Å². The van der Waals surface area contributed by atoms with Gasteiger partial charge < -0.3 is 9.47 Å². The van der Waals surface area contributed by atoms with Gasteiger partial charge in [-0.2, -0.15) is 0 Å². The molecule has 1 fully saturated rings. The summed E-state index contributed by atoms with van der Waals surface area (Å²) in [5, 5.41) is 0. The molecule has 14 heavy (non-hydrogen) atoms.